The van der Waals surface area contributed by atoms with Crippen LogP contribution in [0.4, 0.5) is 0 Å². The van der Waals surface area contributed by atoms with Gasteiger partial charge in [-0.2, -0.15) is 0 Å². The monoisotopic (exact) mass is 105 g/mol. The molecule has 0 spiro atoms. The molecule has 0 rings (SSSR count). The second kappa shape index (κ2) is 5.35. The summed E-state index contributed by atoms with van der Waals surface area (Å²) in [6.45, 7) is 4.44. The van der Waals surface area contributed by atoms with Crippen molar-refractivity contribution in [2.24, 2.45) is 0 Å². The smallest absolute Gasteiger partial charge is 0.0609 e. The summed E-state index contributed by atoms with van der Waals surface area (Å²) in [5.74, 6) is 2.71. The highest BCUT2D eigenvalue weighted by Gasteiger charge is 1.84. The summed E-state index contributed by atoms with van der Waals surface area (Å²) in [6.07, 6.45) is 1.34. The van der Waals surface area contributed by atoms with Gasteiger partial charge in [0.05, 0.1) is 0 Å². The molecule has 0 aliphatic carbocycles. The molecule has 0 amide bonds. The molecule has 0 aliphatic rings. The Morgan fingerprint density at radius 2 is 2.00 bits per heavy atom. The van der Waals surface area contributed by atoms with E-state index >= 15 is 0 Å². The molecule has 38 valence electrons. The third-order valence-corrected chi connectivity index (χ3v) is 1.82. The normalized spacial score (nSPS) is 9.00. The zero-order chi connectivity index (χ0) is 4.83. The minimum absolute atomic E-state index is 1.33. The molecule has 0 saturated heterocycles. The first-order chi connectivity index (χ1) is 2.91. The molecule has 0 aromatic carbocycles. The van der Waals surface area contributed by atoms with Gasteiger partial charge in [0, 0.05) is 0 Å². The Kier molecular flexibility index (Phi) is 5.66. The fraction of sp³-hybridized carbons (Fsp3) is 1.00. The summed E-state index contributed by atoms with van der Waals surface area (Å²) in [5.41, 5.74) is 0. The lowest BCUT2D eigenvalue weighted by molar-refractivity contribution is 1.10. The Balaban J connectivity index is 2.34. The fourth-order valence-electron chi connectivity index (χ4n) is 0.316. The van der Waals surface area contributed by atoms with Gasteiger partial charge in [0.1, 0.15) is 11.5 Å². The van der Waals surface area contributed by atoms with Gasteiger partial charge < -0.3 is 0 Å². The van der Waals surface area contributed by atoms with Crippen molar-refractivity contribution in [3.63, 3.8) is 0 Å². The summed E-state index contributed by atoms with van der Waals surface area (Å²) in [4.78, 5) is 0. The zero-order valence-electron chi connectivity index (χ0n) is 4.57. The van der Waals surface area contributed by atoms with Crippen LogP contribution in [0.1, 0.15) is 20.3 Å². The van der Waals surface area contributed by atoms with Crippen LogP contribution in [0, 0.1) is 0 Å². The van der Waals surface area contributed by atoms with Crippen molar-refractivity contribution in [2.45, 2.75) is 20.3 Å². The predicted octanol–water partition coefficient (Wildman–Crippen LogP) is 1.23. The van der Waals surface area contributed by atoms with Crippen LogP contribution < -0.4 is 0 Å². The number of thiol groups is 1. The number of rotatable bonds is 3. The molecule has 0 fully saturated rings. The zero-order valence-corrected chi connectivity index (χ0v) is 5.46. The first-order valence-corrected chi connectivity index (χ1v) is 3.81. The van der Waals surface area contributed by atoms with Crippen molar-refractivity contribution >= 4 is 11.8 Å². The first kappa shape index (κ1) is 6.35. The molecule has 1 heteroatoms. The fourth-order valence-corrected chi connectivity index (χ4v) is 0.949. The molecule has 0 heterocycles. The lowest BCUT2D eigenvalue weighted by atomic mass is 10.6. The third kappa shape index (κ3) is 4.35. The highest BCUT2D eigenvalue weighted by atomic mass is 32.2. The van der Waals surface area contributed by atoms with Crippen molar-refractivity contribution in [2.75, 3.05) is 11.5 Å². The Morgan fingerprint density at radius 1 is 1.33 bits per heavy atom. The molecule has 0 aliphatic heterocycles. The summed E-state index contributed by atoms with van der Waals surface area (Å²) in [6, 6.07) is 0. The van der Waals surface area contributed by atoms with E-state index < -0.39 is 0 Å². The van der Waals surface area contributed by atoms with Crippen molar-refractivity contribution < 1.29 is 0 Å². The Bertz CT molecular complexity index is 15.9. The lowest BCUT2D eigenvalue weighted by Crippen LogP contribution is -1.86. The van der Waals surface area contributed by atoms with Crippen molar-refractivity contribution in [1.82, 2.24) is 0 Å². The maximum Gasteiger partial charge on any atom is 0.105 e. The van der Waals surface area contributed by atoms with E-state index in [1.807, 2.05) is 0 Å². The Labute approximate surface area is 44.3 Å². The van der Waals surface area contributed by atoms with Gasteiger partial charge in [0.15, 0.2) is 0 Å². The molecular formula is C5H13S+. The maximum absolute atomic E-state index is 2.22. The third-order valence-electron chi connectivity index (χ3n) is 0.605. The van der Waals surface area contributed by atoms with Gasteiger partial charge in [-0.1, -0.05) is 6.92 Å². The van der Waals surface area contributed by atoms with Crippen molar-refractivity contribution in [1.29, 1.82) is 0 Å². The average Bonchev–Trinajstić information content (AvgIpc) is 1.61. The van der Waals surface area contributed by atoms with E-state index in [0.717, 1.165) is 0 Å². The van der Waals surface area contributed by atoms with Crippen LogP contribution in [0.2, 0.25) is 0 Å². The lowest BCUT2D eigenvalue weighted by Gasteiger charge is -1.77. The van der Waals surface area contributed by atoms with E-state index in [2.05, 4.69) is 13.8 Å². The second-order valence-electron chi connectivity index (χ2n) is 1.26. The minimum Gasteiger partial charge on any atom is -0.0609 e. The van der Waals surface area contributed by atoms with Gasteiger partial charge in [0.2, 0.25) is 0 Å². The summed E-state index contributed by atoms with van der Waals surface area (Å²) in [7, 11) is 0. The van der Waals surface area contributed by atoms with E-state index in [9.17, 15) is 0 Å². The molecule has 6 heavy (non-hydrogen) atoms. The Hall–Kier alpha value is 0.350. The van der Waals surface area contributed by atoms with Crippen LogP contribution in [0.3, 0.4) is 0 Å². The van der Waals surface area contributed by atoms with Gasteiger partial charge in [-0.15, -0.1) is 0 Å². The van der Waals surface area contributed by atoms with Crippen molar-refractivity contribution in [3.8, 4) is 0 Å². The van der Waals surface area contributed by atoms with Crippen LogP contribution >= 0.6 is 0 Å². The van der Waals surface area contributed by atoms with E-state index in [0.29, 0.717) is 0 Å². The predicted molar refractivity (Wildman–Crippen MR) is 34.5 cm³/mol. The largest absolute Gasteiger partial charge is 0.105 e. The van der Waals surface area contributed by atoms with Gasteiger partial charge in [-0.05, 0) is 25.1 Å². The van der Waals surface area contributed by atoms with Crippen LogP contribution in [0.15, 0.2) is 0 Å². The van der Waals surface area contributed by atoms with Crippen LogP contribution in [0.5, 0.6) is 0 Å². The van der Waals surface area contributed by atoms with E-state index in [-0.39, 0.29) is 0 Å². The minimum atomic E-state index is 1.33. The molecule has 0 aromatic rings. The van der Waals surface area contributed by atoms with Crippen LogP contribution in [-0.4, -0.2) is 11.5 Å². The first-order valence-electron chi connectivity index (χ1n) is 2.55. The SMILES string of the molecule is CCC[SH+]CC. The van der Waals surface area contributed by atoms with E-state index in [4.69, 9.17) is 0 Å². The van der Waals surface area contributed by atoms with E-state index in [1.54, 1.807) is 11.8 Å². The number of hydrogen-bond acceptors (Lipinski definition) is 0. The van der Waals surface area contributed by atoms with Gasteiger partial charge in [-0.3, -0.25) is 0 Å². The molecule has 0 aromatic heterocycles. The molecule has 0 N–H and O–H groups in total. The summed E-state index contributed by atoms with van der Waals surface area (Å²) >= 11 is 1.61. The average molecular weight is 105 g/mol. The highest BCUT2D eigenvalue weighted by molar-refractivity contribution is 7.78. The molecule has 0 saturated carbocycles. The van der Waals surface area contributed by atoms with Gasteiger partial charge in [-0.25, -0.2) is 0 Å². The quantitative estimate of drug-likeness (QED) is 0.288. The molecule has 0 atom stereocenters. The molecule has 0 radical (unpaired) electrons. The molecule has 0 nitrogen and oxygen atoms in total. The summed E-state index contributed by atoms with van der Waals surface area (Å²) < 4.78 is 0. The van der Waals surface area contributed by atoms with Gasteiger partial charge >= 0.3 is 0 Å². The molecular weight excluding hydrogens is 92.1 g/mol. The topological polar surface area (TPSA) is 0 Å². The standard InChI is InChI=1S/C5H12S/c1-3-5-6-4-2/h3-5H2,1-2H3/p+1. The number of hydrogen-bond donors (Lipinski definition) is 0. The van der Waals surface area contributed by atoms with Crippen molar-refractivity contribution in [3.05, 3.63) is 0 Å². The molecule has 0 unspecified atom stereocenters. The maximum atomic E-state index is 2.22. The Morgan fingerprint density at radius 3 is 2.17 bits per heavy atom. The van der Waals surface area contributed by atoms with E-state index in [1.165, 1.54) is 17.9 Å². The summed E-state index contributed by atoms with van der Waals surface area (Å²) in [5, 5.41) is 0. The van der Waals surface area contributed by atoms with Crippen LogP contribution in [0.25, 0.3) is 0 Å². The molecule has 0 bridgehead atoms. The van der Waals surface area contributed by atoms with Gasteiger partial charge in [0.25, 0.3) is 0 Å². The highest BCUT2D eigenvalue weighted by Crippen LogP contribution is 1.77. The second-order valence-corrected chi connectivity index (χ2v) is 2.79. The van der Waals surface area contributed by atoms with Crippen LogP contribution in [-0.2, 0) is 11.8 Å².